The number of rotatable bonds is 6. The topological polar surface area (TPSA) is 78.1 Å². The molecule has 0 saturated heterocycles. The monoisotopic (exact) mass is 376 g/mol. The largest absolute Gasteiger partial charge is 0.352 e. The molecule has 0 fully saturated rings. The molecule has 1 heterocycles. The second-order valence-corrected chi connectivity index (χ2v) is 6.99. The van der Waals surface area contributed by atoms with E-state index in [2.05, 4.69) is 15.5 Å². The molecule has 144 valence electrons. The number of carbonyl (C=O) groups excluding carboxylic acids is 2. The van der Waals surface area contributed by atoms with E-state index in [1.165, 1.54) is 16.7 Å². The summed E-state index contributed by atoms with van der Waals surface area (Å²) in [5.41, 5.74) is 5.25. The van der Waals surface area contributed by atoms with E-state index < -0.39 is 0 Å². The van der Waals surface area contributed by atoms with Crippen molar-refractivity contribution in [3.63, 3.8) is 0 Å². The number of aromatic nitrogens is 2. The molecular formula is C22H24N4O2. The van der Waals surface area contributed by atoms with Gasteiger partial charge < -0.3 is 10.2 Å². The maximum atomic E-state index is 12.2. The second-order valence-electron chi connectivity index (χ2n) is 6.99. The van der Waals surface area contributed by atoms with Crippen molar-refractivity contribution in [2.45, 2.75) is 19.9 Å². The smallest absolute Gasteiger partial charge is 0.257 e. The predicted octanol–water partition coefficient (Wildman–Crippen LogP) is 2.95. The van der Waals surface area contributed by atoms with Gasteiger partial charge in [0.2, 0.25) is 5.91 Å². The lowest BCUT2D eigenvalue weighted by Crippen LogP contribution is -2.24. The minimum atomic E-state index is -0.101. The summed E-state index contributed by atoms with van der Waals surface area (Å²) in [4.78, 5) is 25.9. The Hall–Kier alpha value is -3.41. The fraction of sp³-hybridized carbons (Fsp3) is 0.227. The Morgan fingerprint density at radius 3 is 2.29 bits per heavy atom. The van der Waals surface area contributed by atoms with Crippen LogP contribution in [0, 0.1) is 6.92 Å². The summed E-state index contributed by atoms with van der Waals surface area (Å²) in [7, 11) is 3.42. The van der Waals surface area contributed by atoms with Gasteiger partial charge in [0.1, 0.15) is 0 Å². The number of hydrogen-bond donors (Lipinski definition) is 2. The van der Waals surface area contributed by atoms with E-state index >= 15 is 0 Å². The van der Waals surface area contributed by atoms with Crippen LogP contribution in [0.2, 0.25) is 0 Å². The molecule has 0 radical (unpaired) electrons. The van der Waals surface area contributed by atoms with Crippen LogP contribution in [-0.4, -0.2) is 41.0 Å². The van der Waals surface area contributed by atoms with Gasteiger partial charge in [-0.15, -0.1) is 0 Å². The van der Waals surface area contributed by atoms with Gasteiger partial charge in [0, 0.05) is 26.2 Å². The van der Waals surface area contributed by atoms with Gasteiger partial charge >= 0.3 is 0 Å². The van der Waals surface area contributed by atoms with Crippen LogP contribution in [0.15, 0.2) is 54.7 Å². The highest BCUT2D eigenvalue weighted by Gasteiger charge is 2.16. The number of hydrogen-bond acceptors (Lipinski definition) is 3. The molecule has 2 amide bonds. The van der Waals surface area contributed by atoms with Crippen LogP contribution < -0.4 is 5.32 Å². The Morgan fingerprint density at radius 2 is 1.64 bits per heavy atom. The first-order valence-corrected chi connectivity index (χ1v) is 9.10. The number of benzene rings is 2. The van der Waals surface area contributed by atoms with Crippen molar-refractivity contribution >= 4 is 11.8 Å². The number of nitrogens with one attached hydrogen (secondary N) is 2. The minimum absolute atomic E-state index is 0.0136. The first-order valence-electron chi connectivity index (χ1n) is 9.10. The Labute approximate surface area is 164 Å². The number of nitrogens with zero attached hydrogens (tertiary/aromatic N) is 2. The van der Waals surface area contributed by atoms with Crippen LogP contribution >= 0.6 is 0 Å². The summed E-state index contributed by atoms with van der Waals surface area (Å²) < 4.78 is 0. The third-order valence-corrected chi connectivity index (χ3v) is 4.49. The molecule has 28 heavy (non-hydrogen) atoms. The van der Waals surface area contributed by atoms with Crippen molar-refractivity contribution in [3.05, 3.63) is 77.0 Å². The van der Waals surface area contributed by atoms with Crippen molar-refractivity contribution in [2.24, 2.45) is 0 Å². The molecule has 0 aliphatic heterocycles. The molecule has 0 bridgehead atoms. The normalized spacial score (nSPS) is 10.5. The van der Waals surface area contributed by atoms with E-state index in [9.17, 15) is 9.59 Å². The predicted molar refractivity (Wildman–Crippen MR) is 109 cm³/mol. The third-order valence-electron chi connectivity index (χ3n) is 4.49. The van der Waals surface area contributed by atoms with E-state index in [1.807, 2.05) is 55.5 Å². The van der Waals surface area contributed by atoms with E-state index in [0.717, 1.165) is 16.7 Å². The zero-order valence-electron chi connectivity index (χ0n) is 16.3. The summed E-state index contributed by atoms with van der Waals surface area (Å²) in [6.07, 6.45) is 1.90. The van der Waals surface area contributed by atoms with Gasteiger partial charge in [0.15, 0.2) is 0 Å². The number of aromatic amines is 1. The summed E-state index contributed by atoms with van der Waals surface area (Å²) in [6, 6.07) is 15.7. The molecule has 0 aliphatic carbocycles. The number of amides is 2. The lowest BCUT2D eigenvalue weighted by Gasteiger charge is -2.10. The lowest BCUT2D eigenvalue weighted by atomic mass is 10.1. The van der Waals surface area contributed by atoms with Gasteiger partial charge in [-0.05, 0) is 18.1 Å². The molecule has 3 rings (SSSR count). The van der Waals surface area contributed by atoms with Crippen LogP contribution in [0.3, 0.4) is 0 Å². The van der Waals surface area contributed by atoms with Gasteiger partial charge in [-0.1, -0.05) is 54.1 Å². The van der Waals surface area contributed by atoms with Crippen molar-refractivity contribution in [1.29, 1.82) is 0 Å². The fourth-order valence-corrected chi connectivity index (χ4v) is 2.85. The minimum Gasteiger partial charge on any atom is -0.352 e. The van der Waals surface area contributed by atoms with Crippen LogP contribution in [-0.2, 0) is 17.8 Å². The fourth-order valence-electron chi connectivity index (χ4n) is 2.85. The van der Waals surface area contributed by atoms with Gasteiger partial charge in [-0.25, -0.2) is 0 Å². The Kier molecular flexibility index (Phi) is 5.89. The van der Waals surface area contributed by atoms with E-state index in [1.54, 1.807) is 14.1 Å². The maximum absolute atomic E-state index is 12.2. The average Bonchev–Trinajstić information content (AvgIpc) is 3.17. The molecule has 2 aromatic carbocycles. The number of carbonyl (C=O) groups is 2. The Bertz CT molecular complexity index is 957. The molecule has 0 saturated carbocycles. The second kappa shape index (κ2) is 8.52. The molecule has 0 unspecified atom stereocenters. The number of H-pyrrole nitrogens is 1. The van der Waals surface area contributed by atoms with Gasteiger partial charge in [-0.2, -0.15) is 5.10 Å². The van der Waals surface area contributed by atoms with Crippen molar-refractivity contribution in [1.82, 2.24) is 20.4 Å². The average molecular weight is 376 g/mol. The van der Waals surface area contributed by atoms with Crippen molar-refractivity contribution in [3.8, 4) is 11.3 Å². The molecule has 0 aliphatic rings. The maximum Gasteiger partial charge on any atom is 0.257 e. The number of aryl methyl sites for hydroxylation is 1. The van der Waals surface area contributed by atoms with Crippen LogP contribution in [0.1, 0.15) is 27.0 Å². The molecular weight excluding hydrogens is 352 g/mol. The molecule has 0 spiro atoms. The highest BCUT2D eigenvalue weighted by Crippen LogP contribution is 2.22. The highest BCUT2D eigenvalue weighted by atomic mass is 16.2. The van der Waals surface area contributed by atoms with Gasteiger partial charge in [0.25, 0.3) is 5.91 Å². The van der Waals surface area contributed by atoms with E-state index in [4.69, 9.17) is 0 Å². The summed E-state index contributed by atoms with van der Waals surface area (Å²) >= 11 is 0. The quantitative estimate of drug-likeness (QED) is 0.694. The van der Waals surface area contributed by atoms with E-state index in [0.29, 0.717) is 24.2 Å². The molecule has 2 N–H and O–H groups in total. The molecule has 0 atom stereocenters. The molecule has 6 nitrogen and oxygen atoms in total. The van der Waals surface area contributed by atoms with Crippen molar-refractivity contribution in [2.75, 3.05) is 14.1 Å². The lowest BCUT2D eigenvalue weighted by molar-refractivity contribution is -0.120. The summed E-state index contributed by atoms with van der Waals surface area (Å²) in [5.74, 6) is -0.114. The Balaban J connectivity index is 1.61. The summed E-state index contributed by atoms with van der Waals surface area (Å²) in [6.45, 7) is 2.48. The molecule has 3 aromatic rings. The van der Waals surface area contributed by atoms with Crippen molar-refractivity contribution < 1.29 is 9.59 Å². The SMILES string of the molecule is Cc1ccc(CC(=O)NCc2ccc(-c3[nH]ncc3C(=O)N(C)C)cc2)cc1. The zero-order valence-corrected chi connectivity index (χ0v) is 16.3. The van der Waals surface area contributed by atoms with Crippen LogP contribution in [0.4, 0.5) is 0 Å². The Morgan fingerprint density at radius 1 is 1.00 bits per heavy atom. The van der Waals surface area contributed by atoms with Gasteiger partial charge in [0.05, 0.1) is 23.9 Å². The van der Waals surface area contributed by atoms with Gasteiger partial charge in [-0.3, -0.25) is 14.7 Å². The zero-order chi connectivity index (χ0) is 20.1. The molecule has 6 heteroatoms. The first-order chi connectivity index (χ1) is 13.4. The highest BCUT2D eigenvalue weighted by molar-refractivity contribution is 5.99. The standard InChI is InChI=1S/C22H24N4O2/c1-15-4-6-16(7-5-15)12-20(27)23-13-17-8-10-18(11-9-17)21-19(14-24-25-21)22(28)26(2)3/h4-11,14H,12-13H2,1-3H3,(H,23,27)(H,24,25). The molecule has 1 aromatic heterocycles. The van der Waals surface area contributed by atoms with Crippen LogP contribution in [0.5, 0.6) is 0 Å². The van der Waals surface area contributed by atoms with E-state index in [-0.39, 0.29) is 11.8 Å². The third kappa shape index (κ3) is 4.65. The summed E-state index contributed by atoms with van der Waals surface area (Å²) in [5, 5.41) is 9.83. The first kappa shape index (κ1) is 19.4. The van der Waals surface area contributed by atoms with Crippen LogP contribution in [0.25, 0.3) is 11.3 Å².